The molecule has 11 heteroatoms. The average Bonchev–Trinajstić information content (AvgIpc) is 3.13. The largest absolute Gasteiger partial charge is 0.493 e. The van der Waals surface area contributed by atoms with Gasteiger partial charge in [0.2, 0.25) is 16.0 Å². The molecule has 1 aromatic carbocycles. The number of thioether (sulfide) groups is 1. The lowest BCUT2D eigenvalue weighted by atomic mass is 10.1. The maximum atomic E-state index is 12.4. The zero-order valence-corrected chi connectivity index (χ0v) is 17.1. The Bertz CT molecular complexity index is 940. The number of anilines is 1. The van der Waals surface area contributed by atoms with Crippen LogP contribution >= 0.6 is 23.3 Å². The monoisotopic (exact) mass is 420 g/mol. The summed E-state index contributed by atoms with van der Waals surface area (Å²) in [5.74, 6) is -0.637. The van der Waals surface area contributed by atoms with Crippen molar-refractivity contribution in [1.82, 2.24) is 9.36 Å². The molecule has 0 aliphatic heterocycles. The minimum Gasteiger partial charge on any atom is -0.493 e. The zero-order chi connectivity index (χ0) is 20.7. The van der Waals surface area contributed by atoms with Crippen LogP contribution in [0.1, 0.15) is 12.5 Å². The summed E-state index contributed by atoms with van der Waals surface area (Å²) >= 11 is 2.36. The highest BCUT2D eigenvalue weighted by atomic mass is 32.2. The Hall–Kier alpha value is -3.10. The van der Waals surface area contributed by atoms with Crippen molar-refractivity contribution in [2.24, 2.45) is 0 Å². The molecule has 28 heavy (non-hydrogen) atoms. The minimum atomic E-state index is -0.631. The number of nitriles is 1. The number of aromatic nitrogens is 2. The van der Waals surface area contributed by atoms with E-state index in [1.54, 1.807) is 0 Å². The molecule has 0 aliphatic carbocycles. The minimum absolute atomic E-state index is 0.107. The number of esters is 1. The molecule has 0 fully saturated rings. The van der Waals surface area contributed by atoms with Crippen LogP contribution in [0.5, 0.6) is 17.2 Å². The van der Waals surface area contributed by atoms with E-state index in [2.05, 4.69) is 14.7 Å². The highest BCUT2D eigenvalue weighted by Crippen LogP contribution is 2.39. The fourth-order valence-corrected chi connectivity index (χ4v) is 3.17. The van der Waals surface area contributed by atoms with E-state index >= 15 is 0 Å². The number of ether oxygens (including phenoxy) is 3. The molecule has 2 rings (SSSR count). The maximum absolute atomic E-state index is 12.4. The first kappa shape index (κ1) is 21.2. The molecule has 1 aromatic heterocycles. The van der Waals surface area contributed by atoms with Crippen molar-refractivity contribution >= 4 is 46.4 Å². The molecule has 1 N–H and O–H groups in total. The third-order valence-corrected chi connectivity index (χ3v) is 4.51. The molecule has 146 valence electrons. The van der Waals surface area contributed by atoms with Crippen LogP contribution in [-0.4, -0.2) is 41.7 Å². The first-order valence-corrected chi connectivity index (χ1v) is 9.66. The van der Waals surface area contributed by atoms with Crippen molar-refractivity contribution < 1.29 is 23.8 Å². The number of nitrogens with one attached hydrogen (secondary N) is 1. The van der Waals surface area contributed by atoms with E-state index in [9.17, 15) is 14.9 Å². The van der Waals surface area contributed by atoms with Crippen LogP contribution < -0.4 is 19.5 Å². The molecule has 2 aromatic rings. The van der Waals surface area contributed by atoms with E-state index in [4.69, 9.17) is 14.2 Å². The van der Waals surface area contributed by atoms with Crippen molar-refractivity contribution in [3.05, 3.63) is 23.3 Å². The fraction of sp³-hybridized carbons (Fsp3) is 0.235. The van der Waals surface area contributed by atoms with Gasteiger partial charge in [-0.05, 0) is 30.0 Å². The Morgan fingerprint density at radius 3 is 2.39 bits per heavy atom. The Kier molecular flexibility index (Phi) is 7.36. The second-order valence-electron chi connectivity index (χ2n) is 5.06. The number of amides is 1. The van der Waals surface area contributed by atoms with E-state index in [0.717, 1.165) is 11.5 Å². The standard InChI is InChI=1S/C17H16N4O5S2/c1-9(22)26-14-12(24-2)6-10(7-13(14)25-3)5-11(8-18)15(23)19-16-20-17(27-4)21-28-16/h5-7H,1-4H3,(H,19,20,21,23)/b11-5-. The molecule has 0 saturated carbocycles. The van der Waals surface area contributed by atoms with Gasteiger partial charge in [0.05, 0.1) is 14.2 Å². The number of methoxy groups -OCH3 is 2. The summed E-state index contributed by atoms with van der Waals surface area (Å²) in [7, 11) is 2.79. The number of nitrogens with zero attached hydrogens (tertiary/aromatic N) is 3. The van der Waals surface area contributed by atoms with Crippen molar-refractivity contribution in [3.8, 4) is 23.3 Å². The van der Waals surface area contributed by atoms with E-state index in [1.165, 1.54) is 51.1 Å². The van der Waals surface area contributed by atoms with Gasteiger partial charge in [-0.3, -0.25) is 14.9 Å². The molecule has 0 spiro atoms. The van der Waals surface area contributed by atoms with Crippen molar-refractivity contribution in [2.45, 2.75) is 12.1 Å². The molecule has 1 heterocycles. The summed E-state index contributed by atoms with van der Waals surface area (Å²) in [6, 6.07) is 4.88. The fourth-order valence-electron chi connectivity index (χ4n) is 2.05. The van der Waals surface area contributed by atoms with E-state index < -0.39 is 11.9 Å². The predicted octanol–water partition coefficient (Wildman–Crippen LogP) is 2.75. The van der Waals surface area contributed by atoms with Crippen LogP contribution in [0.3, 0.4) is 0 Å². The van der Waals surface area contributed by atoms with Crippen molar-refractivity contribution in [3.63, 3.8) is 0 Å². The lowest BCUT2D eigenvalue weighted by Gasteiger charge is -2.13. The lowest BCUT2D eigenvalue weighted by Crippen LogP contribution is -2.13. The maximum Gasteiger partial charge on any atom is 0.308 e. The molecule has 0 aliphatic rings. The summed E-state index contributed by atoms with van der Waals surface area (Å²) in [6.07, 6.45) is 3.17. The zero-order valence-electron chi connectivity index (χ0n) is 15.4. The lowest BCUT2D eigenvalue weighted by molar-refractivity contribution is -0.132. The van der Waals surface area contributed by atoms with Crippen LogP contribution in [0.2, 0.25) is 0 Å². The Morgan fingerprint density at radius 1 is 1.29 bits per heavy atom. The Balaban J connectivity index is 2.35. The van der Waals surface area contributed by atoms with E-state index in [-0.39, 0.29) is 28.0 Å². The van der Waals surface area contributed by atoms with Gasteiger partial charge in [0.25, 0.3) is 5.91 Å². The van der Waals surface area contributed by atoms with Crippen LogP contribution in [0.4, 0.5) is 5.13 Å². The van der Waals surface area contributed by atoms with Crippen LogP contribution in [0, 0.1) is 11.3 Å². The SMILES string of the molecule is COc1cc(/C=C(/C#N)C(=O)Nc2nc(SC)ns2)cc(OC)c1OC(C)=O. The molecule has 0 radical (unpaired) electrons. The molecular formula is C17H16N4O5S2. The molecular weight excluding hydrogens is 404 g/mol. The highest BCUT2D eigenvalue weighted by Gasteiger charge is 2.17. The normalized spacial score (nSPS) is 10.8. The summed E-state index contributed by atoms with van der Waals surface area (Å²) < 4.78 is 19.6. The predicted molar refractivity (Wildman–Crippen MR) is 105 cm³/mol. The van der Waals surface area contributed by atoms with Crippen LogP contribution in [0.15, 0.2) is 22.9 Å². The van der Waals surface area contributed by atoms with E-state index in [1.807, 2.05) is 12.3 Å². The van der Waals surface area contributed by atoms with Crippen LogP contribution in [-0.2, 0) is 9.59 Å². The molecule has 0 bridgehead atoms. The Labute approximate surface area is 169 Å². The first-order chi connectivity index (χ1) is 13.4. The summed E-state index contributed by atoms with van der Waals surface area (Å²) in [5, 5.41) is 12.7. The number of benzene rings is 1. The Morgan fingerprint density at radius 2 is 1.93 bits per heavy atom. The number of carbonyl (C=O) groups is 2. The molecule has 0 atom stereocenters. The molecule has 0 saturated heterocycles. The van der Waals surface area contributed by atoms with Gasteiger partial charge in [-0.15, -0.1) is 0 Å². The van der Waals surface area contributed by atoms with Gasteiger partial charge in [0.1, 0.15) is 11.6 Å². The third-order valence-electron chi connectivity index (χ3n) is 3.22. The molecule has 1 amide bonds. The van der Waals surface area contributed by atoms with Gasteiger partial charge >= 0.3 is 5.97 Å². The van der Waals surface area contributed by atoms with Gasteiger partial charge in [-0.1, -0.05) is 11.8 Å². The average molecular weight is 420 g/mol. The van der Waals surface area contributed by atoms with Gasteiger partial charge < -0.3 is 14.2 Å². The second-order valence-corrected chi connectivity index (χ2v) is 6.58. The summed E-state index contributed by atoms with van der Waals surface area (Å²) in [4.78, 5) is 27.8. The topological polar surface area (TPSA) is 123 Å². The van der Waals surface area contributed by atoms with Crippen LogP contribution in [0.25, 0.3) is 6.08 Å². The van der Waals surface area contributed by atoms with Gasteiger partial charge in [-0.25, -0.2) is 0 Å². The third kappa shape index (κ3) is 5.21. The number of carbonyl (C=O) groups excluding carboxylic acids is 2. The highest BCUT2D eigenvalue weighted by molar-refractivity contribution is 7.98. The van der Waals surface area contributed by atoms with E-state index in [0.29, 0.717) is 10.7 Å². The number of rotatable bonds is 7. The van der Waals surface area contributed by atoms with Crippen molar-refractivity contribution in [1.29, 1.82) is 5.26 Å². The molecule has 9 nitrogen and oxygen atoms in total. The smallest absolute Gasteiger partial charge is 0.308 e. The number of hydrogen-bond donors (Lipinski definition) is 1. The second kappa shape index (κ2) is 9.72. The number of hydrogen-bond acceptors (Lipinski definition) is 10. The first-order valence-electron chi connectivity index (χ1n) is 7.67. The molecule has 0 unspecified atom stereocenters. The summed E-state index contributed by atoms with van der Waals surface area (Å²) in [5.41, 5.74) is 0.281. The van der Waals surface area contributed by atoms with Gasteiger partial charge in [0, 0.05) is 18.5 Å². The van der Waals surface area contributed by atoms with Gasteiger partial charge in [0.15, 0.2) is 11.5 Å². The quantitative estimate of drug-likeness (QED) is 0.237. The van der Waals surface area contributed by atoms with Crippen molar-refractivity contribution in [2.75, 3.05) is 25.8 Å². The summed E-state index contributed by atoms with van der Waals surface area (Å²) in [6.45, 7) is 1.25. The van der Waals surface area contributed by atoms with Gasteiger partial charge in [-0.2, -0.15) is 14.6 Å².